The number of hydrogen-bond acceptors (Lipinski definition) is 18. The summed E-state index contributed by atoms with van der Waals surface area (Å²) in [6.07, 6.45) is 6.25. The van der Waals surface area contributed by atoms with Crippen LogP contribution in [0.1, 0.15) is 97.2 Å². The number of carbonyl (C=O) groups is 11. The molecule has 4 heterocycles. The molecule has 0 spiro atoms. The molecule has 2 saturated heterocycles. The van der Waals surface area contributed by atoms with Gasteiger partial charge in [0, 0.05) is 80.1 Å². The van der Waals surface area contributed by atoms with E-state index in [9.17, 15) is 57.8 Å². The molecule has 12 amide bonds. The maximum Gasteiger partial charge on any atom is 0.315 e. The van der Waals surface area contributed by atoms with Gasteiger partial charge in [0.05, 0.1) is 63.8 Å². The predicted molar refractivity (Wildman–Crippen MR) is 329 cm³/mol. The second kappa shape index (κ2) is 37.9. The Kier molecular flexibility index (Phi) is 30.7. The van der Waals surface area contributed by atoms with Crippen LogP contribution in [-0.2, 0) is 81.5 Å². The fraction of sp³-hybridized carbons (Fsp3) is 0.638. The van der Waals surface area contributed by atoms with Gasteiger partial charge >= 0.3 is 6.03 Å². The number of rotatable bonds is 43. The number of unbranched alkanes of at least 4 members (excludes halogenated alkanes) is 2. The first kappa shape index (κ1) is 72.8. The molecule has 31 nitrogen and oxygen atoms in total. The molecule has 5 rings (SSSR count). The summed E-state index contributed by atoms with van der Waals surface area (Å²) in [7, 11) is 0. The summed E-state index contributed by atoms with van der Waals surface area (Å²) in [6.45, 7) is 8.45. The Morgan fingerprint density at radius 3 is 2.06 bits per heavy atom. The van der Waals surface area contributed by atoms with Crippen LogP contribution >= 0.6 is 11.8 Å². The Morgan fingerprint density at radius 2 is 1.37 bits per heavy atom. The van der Waals surface area contributed by atoms with Crippen LogP contribution in [0.25, 0.3) is 10.9 Å². The fourth-order valence-corrected chi connectivity index (χ4v) is 11.7. The second-order valence-corrected chi connectivity index (χ2v) is 24.0. The molecule has 2 aliphatic heterocycles. The maximum absolute atomic E-state index is 14.5. The highest BCUT2D eigenvalue weighted by atomic mass is 32.2. The van der Waals surface area contributed by atoms with E-state index in [4.69, 9.17) is 25.7 Å². The molecule has 0 saturated carbocycles. The molecular weight excluding hydrogens is 1190 g/mol. The van der Waals surface area contributed by atoms with Crippen LogP contribution in [0.5, 0.6) is 0 Å². The number of hydrogen-bond donors (Lipinski definition) is 14. The number of nitrogens with zero attached hydrogens (tertiary/aromatic N) is 3. The first-order valence-corrected chi connectivity index (χ1v) is 31.4. The van der Waals surface area contributed by atoms with Crippen molar-refractivity contribution in [3.63, 3.8) is 0 Å². The smallest absolute Gasteiger partial charge is 0.315 e. The molecule has 32 heteroatoms. The maximum atomic E-state index is 14.5. The second-order valence-electron chi connectivity index (χ2n) is 22.8. The first-order valence-electron chi connectivity index (χ1n) is 30.4. The van der Waals surface area contributed by atoms with E-state index in [2.05, 4.69) is 68.5 Å². The number of benzene rings is 1. The molecule has 2 aromatic heterocycles. The van der Waals surface area contributed by atoms with Crippen molar-refractivity contribution in [2.24, 2.45) is 23.3 Å². The lowest BCUT2D eigenvalue weighted by Crippen LogP contribution is -2.59. The van der Waals surface area contributed by atoms with Crippen molar-refractivity contribution in [3.05, 3.63) is 47.9 Å². The Labute approximate surface area is 526 Å². The molecule has 16 N–H and O–H groups in total. The molecule has 2 aliphatic rings. The molecule has 2 fully saturated rings. The summed E-state index contributed by atoms with van der Waals surface area (Å²) >= 11 is 1.85. The number of aliphatic hydroxyl groups excluding tert-OH is 1. The highest BCUT2D eigenvalue weighted by molar-refractivity contribution is 8.00. The normalized spacial score (nSPS) is 17.2. The molecule has 1 aromatic carbocycles. The monoisotopic (exact) mass is 1280 g/mol. The highest BCUT2D eigenvalue weighted by Crippen LogP contribution is 2.33. The largest absolute Gasteiger partial charge is 0.395 e. The summed E-state index contributed by atoms with van der Waals surface area (Å²) in [5, 5.41) is 46.0. The number of primary amides is 2. The number of carbonyl (C=O) groups excluding carboxylic acids is 11. The van der Waals surface area contributed by atoms with E-state index in [0.29, 0.717) is 36.6 Å². The minimum atomic E-state index is -1.36. The van der Waals surface area contributed by atoms with Crippen molar-refractivity contribution in [2.45, 2.75) is 159 Å². The van der Waals surface area contributed by atoms with Gasteiger partial charge in [-0.25, -0.2) is 4.79 Å². The zero-order chi connectivity index (χ0) is 65.7. The van der Waals surface area contributed by atoms with Gasteiger partial charge in [0.25, 0.3) is 0 Å². The van der Waals surface area contributed by atoms with E-state index in [1.165, 1.54) is 4.68 Å². The third-order valence-corrected chi connectivity index (χ3v) is 16.3. The van der Waals surface area contributed by atoms with Gasteiger partial charge in [-0.2, -0.15) is 11.8 Å². The average Bonchev–Trinajstić information content (AvgIpc) is 1.79. The zero-order valence-corrected chi connectivity index (χ0v) is 52.5. The van der Waals surface area contributed by atoms with Crippen molar-refractivity contribution < 1.29 is 72.1 Å². The van der Waals surface area contributed by atoms with Gasteiger partial charge in [-0.1, -0.05) is 57.5 Å². The number of nitrogens with one attached hydrogen (secondary N) is 11. The Morgan fingerprint density at radius 1 is 0.711 bits per heavy atom. The highest BCUT2D eigenvalue weighted by Gasteiger charge is 2.43. The number of ether oxygens (including phenoxy) is 3. The lowest BCUT2D eigenvalue weighted by Gasteiger charge is -2.26. The predicted octanol–water partition coefficient (Wildman–Crippen LogP) is -2.68. The number of para-hydroxylation sites is 1. The topological polar surface area (TPSA) is 455 Å². The number of nitrogens with two attached hydrogens (primary N) is 2. The Bertz CT molecular complexity index is 2870. The summed E-state index contributed by atoms with van der Waals surface area (Å²) in [6, 6.07) is 0.185. The summed E-state index contributed by atoms with van der Waals surface area (Å²) in [5.41, 5.74) is 12.7. The number of thioether (sulfide) groups is 1. The number of aryl methyl sites for hydroxylation is 1. The fourth-order valence-electron chi connectivity index (χ4n) is 10.1. The number of aliphatic hydroxyl groups is 1. The SMILES string of the molecule is CC(=O)NC(CC(N)=O)C(=O)NC(C(=O)NC(CCCCn1cc(CC(NC(=O)COCCOCCOCCNC(=O)CCCCC2SC[C@H]3NC(=O)N[C@@H]23)C(=O)NC(Cc2c[nH]c3ccccc23)C(=O)NC(C(=O)NCCO)C(C)C)nn1)C(N)=O)C(C)C. The molecular formula is C58H90N16O15S. The van der Waals surface area contributed by atoms with Gasteiger partial charge < -0.3 is 88.9 Å². The van der Waals surface area contributed by atoms with Crippen LogP contribution in [0.4, 0.5) is 4.79 Å². The number of amides is 12. The quantitative estimate of drug-likeness (QED) is 0.0203. The van der Waals surface area contributed by atoms with Gasteiger partial charge in [-0.05, 0) is 55.6 Å². The van der Waals surface area contributed by atoms with Crippen molar-refractivity contribution in [1.82, 2.24) is 73.1 Å². The third kappa shape index (κ3) is 24.8. The van der Waals surface area contributed by atoms with E-state index in [0.717, 1.165) is 42.8 Å². The standard InChI is InChI=1S/C58H90N16O15S/c1-33(2)49(56(84)62-17-20-75)69-54(82)41(26-36-29-63-39-13-7-6-12-38(36)39)67-53(81)42(65-48(79)31-89-25-24-88-23-22-87-21-18-61-47(78)16-9-8-15-45-51-44(32-90-45)68-58(86)71-51)27-37-30-74(73-72-37)19-11-10-14-40(52(60)80)66-57(85)50(34(3)4)70-55(83)43(28-46(59)77)64-35(5)76/h6-7,12-13,29-30,33-34,40-45,49-51,63,75H,8-11,14-28,31-32H2,1-5H3,(H2,59,77)(H2,60,80)(H,61,78)(H,62,84)(H,64,76)(H,65,79)(H,66,85)(H,67,81)(H,69,82)(H,70,83)(H2,68,71,86)/t40?,41?,42?,43?,44-,45?,49?,50?,51-/m1/s1. The molecule has 7 unspecified atom stereocenters. The molecule has 0 bridgehead atoms. The van der Waals surface area contributed by atoms with E-state index in [1.807, 2.05) is 36.0 Å². The van der Waals surface area contributed by atoms with Gasteiger partial charge in [0.2, 0.25) is 59.1 Å². The molecule has 0 radical (unpaired) electrons. The zero-order valence-electron chi connectivity index (χ0n) is 51.7. The number of aromatic nitrogens is 4. The summed E-state index contributed by atoms with van der Waals surface area (Å²) < 4.78 is 18.2. The average molecular weight is 1280 g/mol. The lowest BCUT2D eigenvalue weighted by atomic mass is 10.00. The Hall–Kier alpha value is -7.94. The number of aromatic amines is 1. The summed E-state index contributed by atoms with van der Waals surface area (Å²) in [4.78, 5) is 145. The number of H-pyrrole nitrogens is 1. The molecule has 9 atom stereocenters. The van der Waals surface area contributed by atoms with Gasteiger partial charge in [-0.3, -0.25) is 52.6 Å². The number of urea groups is 1. The van der Waals surface area contributed by atoms with E-state index in [-0.39, 0.29) is 102 Å². The van der Waals surface area contributed by atoms with Crippen LogP contribution in [0.15, 0.2) is 36.7 Å². The number of fused-ring (bicyclic) bond motifs is 2. The van der Waals surface area contributed by atoms with Crippen LogP contribution in [0.3, 0.4) is 0 Å². The van der Waals surface area contributed by atoms with E-state index in [1.54, 1.807) is 40.1 Å². The van der Waals surface area contributed by atoms with Crippen molar-refractivity contribution in [3.8, 4) is 0 Å². The van der Waals surface area contributed by atoms with Crippen LogP contribution in [0.2, 0.25) is 0 Å². The van der Waals surface area contributed by atoms with Gasteiger partial charge in [0.15, 0.2) is 0 Å². The first-order chi connectivity index (χ1) is 43.0. The van der Waals surface area contributed by atoms with Crippen LogP contribution in [0, 0.1) is 11.8 Å². The third-order valence-electron chi connectivity index (χ3n) is 14.8. The van der Waals surface area contributed by atoms with Crippen molar-refractivity contribution >= 4 is 87.8 Å². The molecule has 90 heavy (non-hydrogen) atoms. The molecule has 498 valence electrons. The van der Waals surface area contributed by atoms with Gasteiger partial charge in [0.1, 0.15) is 42.9 Å². The molecule has 3 aromatic rings. The van der Waals surface area contributed by atoms with E-state index < -0.39 is 114 Å². The minimum absolute atomic E-state index is 0.00102. The molecule has 0 aliphatic carbocycles. The van der Waals surface area contributed by atoms with Crippen molar-refractivity contribution in [1.29, 1.82) is 0 Å². The van der Waals surface area contributed by atoms with Crippen LogP contribution in [-0.4, -0.2) is 209 Å². The van der Waals surface area contributed by atoms with Crippen molar-refractivity contribution in [2.75, 3.05) is 65.1 Å². The summed E-state index contributed by atoms with van der Waals surface area (Å²) in [5.74, 6) is -6.65. The van der Waals surface area contributed by atoms with Crippen LogP contribution < -0.4 is 64.6 Å². The van der Waals surface area contributed by atoms with Gasteiger partial charge in [-0.15, -0.1) is 5.10 Å². The Balaban J connectivity index is 1.15. The van der Waals surface area contributed by atoms with E-state index >= 15 is 0 Å². The minimum Gasteiger partial charge on any atom is -0.395 e. The lowest BCUT2D eigenvalue weighted by molar-refractivity contribution is -0.135.